The lowest BCUT2D eigenvalue weighted by atomic mass is 9.87. The summed E-state index contributed by atoms with van der Waals surface area (Å²) in [5, 5.41) is 4.30. The Morgan fingerprint density at radius 3 is 1.92 bits per heavy atom. The van der Waals surface area contributed by atoms with E-state index in [1.165, 1.54) is 26.0 Å². The zero-order valence-corrected chi connectivity index (χ0v) is 31.0. The summed E-state index contributed by atoms with van der Waals surface area (Å²) in [4.78, 5) is 25.1. The van der Waals surface area contributed by atoms with Crippen molar-refractivity contribution in [3.05, 3.63) is 125 Å². The van der Waals surface area contributed by atoms with Gasteiger partial charge in [-0.05, 0) is 98.1 Å². The van der Waals surface area contributed by atoms with Crippen LogP contribution in [0.25, 0.3) is 33.7 Å². The van der Waals surface area contributed by atoms with Crippen molar-refractivity contribution in [2.75, 3.05) is 13.2 Å². The van der Waals surface area contributed by atoms with E-state index >= 15 is 0 Å². The van der Waals surface area contributed by atoms with Crippen molar-refractivity contribution >= 4 is 55.6 Å². The van der Waals surface area contributed by atoms with Crippen molar-refractivity contribution in [2.45, 2.75) is 57.5 Å². The summed E-state index contributed by atoms with van der Waals surface area (Å²) in [7, 11) is -4.31. The van der Waals surface area contributed by atoms with E-state index in [9.17, 15) is 18.0 Å². The highest BCUT2D eigenvalue weighted by molar-refractivity contribution is 7.86. The molecule has 7 rings (SSSR count). The lowest BCUT2D eigenvalue weighted by Gasteiger charge is -2.40. The van der Waals surface area contributed by atoms with Crippen LogP contribution in [0.4, 0.5) is 0 Å². The number of hydrogen-bond acceptors (Lipinski definition) is 9. The summed E-state index contributed by atoms with van der Waals surface area (Å²) < 4.78 is 56.5. The van der Waals surface area contributed by atoms with E-state index in [1.807, 2.05) is 60.7 Å². The van der Waals surface area contributed by atoms with Crippen LogP contribution in [0.15, 0.2) is 114 Å². The Morgan fingerprint density at radius 1 is 0.736 bits per heavy atom. The molecule has 5 aromatic rings. The lowest BCUT2D eigenvalue weighted by Crippen LogP contribution is -2.46. The molecular weight excluding hydrogens is 693 g/mol. The summed E-state index contributed by atoms with van der Waals surface area (Å²) in [6.45, 7) is 7.10. The molecular formula is C43H40O9S. The first-order valence-corrected chi connectivity index (χ1v) is 18.7. The van der Waals surface area contributed by atoms with Crippen LogP contribution >= 0.6 is 0 Å². The SMILES string of the molecule is CC(=O)C(C)(COS(=O)(=O)c1ccc(COCC2=Cc3c(ccc4ccccc34)OC23C=Cc2c(ccc4ccccc24)O3)cc1)C(=O)OC(C)(C)C. The minimum atomic E-state index is -4.31. The minimum absolute atomic E-state index is 0.130. The fourth-order valence-electron chi connectivity index (χ4n) is 6.30. The summed E-state index contributed by atoms with van der Waals surface area (Å²) >= 11 is 0. The third-order valence-corrected chi connectivity index (χ3v) is 10.8. The van der Waals surface area contributed by atoms with E-state index in [2.05, 4.69) is 30.3 Å². The second-order valence-corrected chi connectivity index (χ2v) is 16.1. The Hall–Kier alpha value is -5.29. The largest absolute Gasteiger partial charge is 0.459 e. The van der Waals surface area contributed by atoms with Crippen molar-refractivity contribution in [2.24, 2.45) is 5.41 Å². The van der Waals surface area contributed by atoms with Crippen LogP contribution in [0.3, 0.4) is 0 Å². The molecule has 0 saturated heterocycles. The Kier molecular flexibility index (Phi) is 9.26. The van der Waals surface area contributed by atoms with E-state index in [1.54, 1.807) is 32.9 Å². The number of ketones is 1. The summed E-state index contributed by atoms with van der Waals surface area (Å²) in [6.07, 6.45) is 6.03. The lowest BCUT2D eigenvalue weighted by molar-refractivity contribution is -0.170. The average molecular weight is 733 g/mol. The first kappa shape index (κ1) is 36.1. The van der Waals surface area contributed by atoms with Crippen LogP contribution in [0, 0.1) is 5.41 Å². The van der Waals surface area contributed by atoms with Gasteiger partial charge in [0, 0.05) is 22.8 Å². The summed E-state index contributed by atoms with van der Waals surface area (Å²) in [5.74, 6) is -1.30. The molecule has 0 bridgehead atoms. The number of benzene rings is 5. The molecule has 2 aliphatic rings. The van der Waals surface area contributed by atoms with Gasteiger partial charge in [0.2, 0.25) is 0 Å². The molecule has 10 heteroatoms. The summed E-state index contributed by atoms with van der Waals surface area (Å²) in [6, 6.07) is 30.3. The van der Waals surface area contributed by atoms with Gasteiger partial charge < -0.3 is 18.9 Å². The van der Waals surface area contributed by atoms with Crippen LogP contribution in [0.2, 0.25) is 0 Å². The van der Waals surface area contributed by atoms with Gasteiger partial charge in [-0.15, -0.1) is 0 Å². The number of Topliss-reactive ketones (excluding diaryl/α,β-unsaturated/α-hetero) is 1. The Labute approximate surface area is 308 Å². The third kappa shape index (κ3) is 7.10. The number of carbonyl (C=O) groups excluding carboxylic acids is 2. The van der Waals surface area contributed by atoms with Gasteiger partial charge in [0.1, 0.15) is 28.3 Å². The maximum atomic E-state index is 13.1. The Balaban J connectivity index is 1.10. The Bertz CT molecular complexity index is 2420. The fourth-order valence-corrected chi connectivity index (χ4v) is 7.30. The number of esters is 1. The zero-order chi connectivity index (χ0) is 37.6. The normalized spacial score (nSPS) is 17.6. The molecule has 2 aliphatic heterocycles. The minimum Gasteiger partial charge on any atom is -0.459 e. The van der Waals surface area contributed by atoms with Crippen molar-refractivity contribution in [1.29, 1.82) is 0 Å². The Morgan fingerprint density at radius 2 is 1.32 bits per heavy atom. The van der Waals surface area contributed by atoms with Gasteiger partial charge in [-0.2, -0.15) is 8.42 Å². The van der Waals surface area contributed by atoms with Gasteiger partial charge in [-0.25, -0.2) is 0 Å². The van der Waals surface area contributed by atoms with Gasteiger partial charge in [-0.1, -0.05) is 72.8 Å². The zero-order valence-electron chi connectivity index (χ0n) is 30.2. The fraction of sp³-hybridized carbons (Fsp3) is 0.256. The van der Waals surface area contributed by atoms with E-state index in [0.717, 1.165) is 38.2 Å². The quantitative estimate of drug-likeness (QED) is 0.0793. The molecule has 2 heterocycles. The van der Waals surface area contributed by atoms with Gasteiger partial charge >= 0.3 is 5.97 Å². The van der Waals surface area contributed by atoms with E-state index in [0.29, 0.717) is 17.1 Å². The molecule has 2 unspecified atom stereocenters. The van der Waals surface area contributed by atoms with Crippen LogP contribution in [0.1, 0.15) is 51.3 Å². The van der Waals surface area contributed by atoms with E-state index in [-0.39, 0.29) is 18.1 Å². The van der Waals surface area contributed by atoms with Crippen LogP contribution < -0.4 is 9.47 Å². The monoisotopic (exact) mass is 732 g/mol. The molecule has 0 N–H and O–H groups in total. The van der Waals surface area contributed by atoms with Crippen LogP contribution in [-0.2, 0) is 40.0 Å². The molecule has 0 radical (unpaired) electrons. The van der Waals surface area contributed by atoms with Crippen LogP contribution in [0.5, 0.6) is 11.5 Å². The number of fused-ring (bicyclic) bond motifs is 6. The molecule has 53 heavy (non-hydrogen) atoms. The van der Waals surface area contributed by atoms with Crippen molar-refractivity contribution < 1.29 is 41.1 Å². The van der Waals surface area contributed by atoms with Crippen molar-refractivity contribution in [1.82, 2.24) is 0 Å². The first-order valence-electron chi connectivity index (χ1n) is 17.3. The molecule has 1 spiro atoms. The predicted molar refractivity (Wildman–Crippen MR) is 203 cm³/mol. The van der Waals surface area contributed by atoms with E-state index in [4.69, 9.17) is 23.1 Å². The molecule has 0 fully saturated rings. The van der Waals surface area contributed by atoms with Crippen molar-refractivity contribution in [3.63, 3.8) is 0 Å². The standard InChI is InChI=1S/C43H40O9S/c1-28(44)42(5,40(45)52-41(2,3)4)27-49-53(46,47)33-18-14-29(15-19-33)25-48-26-32-24-37-35-13-9-7-11-31(35)17-21-39(37)51-43(32)23-22-36-34-12-8-6-10-30(34)16-20-38(36)50-43/h6-24H,25-27H2,1-5H3. The molecule has 0 amide bonds. The molecule has 9 nitrogen and oxygen atoms in total. The molecule has 0 saturated carbocycles. The van der Waals surface area contributed by atoms with Gasteiger partial charge in [0.25, 0.3) is 15.9 Å². The maximum absolute atomic E-state index is 13.1. The van der Waals surface area contributed by atoms with Gasteiger partial charge in [-0.3, -0.25) is 13.8 Å². The highest BCUT2D eigenvalue weighted by Gasteiger charge is 2.44. The topological polar surface area (TPSA) is 114 Å². The third-order valence-electron chi connectivity index (χ3n) is 9.49. The second-order valence-electron chi connectivity index (χ2n) is 14.5. The van der Waals surface area contributed by atoms with Gasteiger partial charge in [0.15, 0.2) is 0 Å². The average Bonchev–Trinajstić information content (AvgIpc) is 3.13. The van der Waals surface area contributed by atoms with Crippen LogP contribution in [-0.4, -0.2) is 44.8 Å². The highest BCUT2D eigenvalue weighted by atomic mass is 32.2. The number of hydrogen-bond donors (Lipinski definition) is 0. The number of rotatable bonds is 10. The molecule has 0 aliphatic carbocycles. The van der Waals surface area contributed by atoms with Crippen molar-refractivity contribution in [3.8, 4) is 11.5 Å². The summed E-state index contributed by atoms with van der Waals surface area (Å²) in [5.41, 5.74) is 0.685. The highest BCUT2D eigenvalue weighted by Crippen LogP contribution is 2.45. The molecule has 272 valence electrons. The predicted octanol–water partition coefficient (Wildman–Crippen LogP) is 8.43. The maximum Gasteiger partial charge on any atom is 0.322 e. The molecule has 5 aromatic carbocycles. The molecule has 0 aromatic heterocycles. The smallest absolute Gasteiger partial charge is 0.322 e. The molecule has 2 atom stereocenters. The first-order chi connectivity index (χ1) is 25.2. The van der Waals surface area contributed by atoms with E-state index < -0.39 is 45.3 Å². The number of ether oxygens (including phenoxy) is 4. The second kappa shape index (κ2) is 13.6. The van der Waals surface area contributed by atoms with Gasteiger partial charge in [0.05, 0.1) is 24.7 Å². The number of carbonyl (C=O) groups is 2.